The van der Waals surface area contributed by atoms with Crippen LogP contribution in [0.2, 0.25) is 0 Å². The Hall–Kier alpha value is -3.18. The zero-order valence-corrected chi connectivity index (χ0v) is 16.4. The Labute approximate surface area is 173 Å². The first-order valence-electron chi connectivity index (χ1n) is 9.04. The van der Waals surface area contributed by atoms with Gasteiger partial charge in [0.25, 0.3) is 11.8 Å². The van der Waals surface area contributed by atoms with Gasteiger partial charge in [0, 0.05) is 24.5 Å². The van der Waals surface area contributed by atoms with Gasteiger partial charge >= 0.3 is 12.4 Å². The van der Waals surface area contributed by atoms with Crippen molar-refractivity contribution in [1.29, 1.82) is 0 Å². The van der Waals surface area contributed by atoms with Crippen molar-refractivity contribution in [2.75, 3.05) is 6.54 Å². The number of carbonyl (C=O) groups excluding carboxylic acids is 2. The molecule has 0 bridgehead atoms. The summed E-state index contributed by atoms with van der Waals surface area (Å²) in [7, 11) is 0. The number of alkyl halides is 6. The van der Waals surface area contributed by atoms with Gasteiger partial charge in [-0.3, -0.25) is 14.6 Å². The quantitative estimate of drug-likeness (QED) is 0.651. The maximum absolute atomic E-state index is 13.0. The molecule has 0 aliphatic heterocycles. The molecule has 2 N–H and O–H groups in total. The monoisotopic (exact) mass is 448 g/mol. The summed E-state index contributed by atoms with van der Waals surface area (Å²) in [6, 6.07) is -0.461. The van der Waals surface area contributed by atoms with Crippen molar-refractivity contribution < 1.29 is 35.9 Å². The Balaban J connectivity index is 2.35. The van der Waals surface area contributed by atoms with Crippen LogP contribution in [0.15, 0.2) is 30.6 Å². The molecule has 31 heavy (non-hydrogen) atoms. The number of aromatic nitrogens is 2. The van der Waals surface area contributed by atoms with E-state index in [9.17, 15) is 35.9 Å². The first kappa shape index (κ1) is 24.1. The van der Waals surface area contributed by atoms with Crippen LogP contribution in [-0.2, 0) is 12.4 Å². The van der Waals surface area contributed by atoms with Crippen LogP contribution in [0.5, 0.6) is 0 Å². The minimum Gasteiger partial charge on any atom is -0.351 e. The van der Waals surface area contributed by atoms with E-state index in [1.54, 1.807) is 0 Å². The summed E-state index contributed by atoms with van der Waals surface area (Å²) in [6.07, 6.45) is -7.05. The molecule has 0 saturated heterocycles. The third kappa shape index (κ3) is 6.15. The number of nitrogens with zero attached hydrogens (tertiary/aromatic N) is 2. The Bertz CT molecular complexity index is 927. The molecular weight excluding hydrogens is 430 g/mol. The molecule has 1 aromatic heterocycles. The van der Waals surface area contributed by atoms with Crippen LogP contribution in [0, 0.1) is 0 Å². The molecule has 6 nitrogen and oxygen atoms in total. The van der Waals surface area contributed by atoms with Crippen LogP contribution in [0.25, 0.3) is 0 Å². The van der Waals surface area contributed by atoms with E-state index in [0.29, 0.717) is 25.1 Å². The normalized spacial score (nSPS) is 12.9. The second kappa shape index (κ2) is 9.31. The maximum atomic E-state index is 13.0. The van der Waals surface area contributed by atoms with Crippen molar-refractivity contribution >= 4 is 11.8 Å². The van der Waals surface area contributed by atoms with Crippen molar-refractivity contribution in [3.05, 3.63) is 58.7 Å². The molecule has 2 amide bonds. The number of rotatable bonds is 6. The second-order valence-corrected chi connectivity index (χ2v) is 6.54. The molecule has 1 heterocycles. The number of nitrogens with one attached hydrogen (secondary N) is 2. The summed E-state index contributed by atoms with van der Waals surface area (Å²) in [5, 5.41) is 4.84. The highest BCUT2D eigenvalue weighted by molar-refractivity contribution is 5.96. The van der Waals surface area contributed by atoms with Crippen molar-refractivity contribution in [2.45, 2.75) is 38.7 Å². The zero-order chi connectivity index (χ0) is 23.4. The first-order valence-corrected chi connectivity index (χ1v) is 9.04. The fourth-order valence-electron chi connectivity index (χ4n) is 2.60. The molecule has 1 unspecified atom stereocenters. The average Bonchev–Trinajstić information content (AvgIpc) is 2.70. The topological polar surface area (TPSA) is 84.0 Å². The summed E-state index contributed by atoms with van der Waals surface area (Å²) in [5.41, 5.74) is -4.18. The van der Waals surface area contributed by atoms with Gasteiger partial charge in [0.05, 0.1) is 22.9 Å². The van der Waals surface area contributed by atoms with Gasteiger partial charge in [-0.05, 0) is 31.5 Å². The first-order chi connectivity index (χ1) is 14.3. The molecule has 0 spiro atoms. The van der Waals surface area contributed by atoms with Gasteiger partial charge in [-0.15, -0.1) is 0 Å². The molecular formula is C19H18F6N4O2. The SMILES string of the molecule is CCCNC(=O)c1nccnc1C(C)NC(=O)c1cc(C(F)(F)F)cc(C(F)(F)F)c1. The van der Waals surface area contributed by atoms with Crippen molar-refractivity contribution in [3.8, 4) is 0 Å². The molecule has 0 aliphatic rings. The van der Waals surface area contributed by atoms with E-state index in [1.807, 2.05) is 6.92 Å². The highest BCUT2D eigenvalue weighted by Gasteiger charge is 2.37. The van der Waals surface area contributed by atoms with Crippen molar-refractivity contribution in [2.24, 2.45) is 0 Å². The smallest absolute Gasteiger partial charge is 0.351 e. The van der Waals surface area contributed by atoms with E-state index in [4.69, 9.17) is 0 Å². The molecule has 0 saturated carbocycles. The van der Waals surface area contributed by atoms with E-state index in [-0.39, 0.29) is 17.5 Å². The summed E-state index contributed by atoms with van der Waals surface area (Å²) in [6.45, 7) is 3.54. The molecule has 1 atom stereocenters. The second-order valence-electron chi connectivity index (χ2n) is 6.54. The van der Waals surface area contributed by atoms with Crippen LogP contribution in [-0.4, -0.2) is 28.3 Å². The third-order valence-electron chi connectivity index (χ3n) is 4.08. The molecule has 2 rings (SSSR count). The molecule has 0 radical (unpaired) electrons. The lowest BCUT2D eigenvalue weighted by atomic mass is 10.0. The average molecular weight is 448 g/mol. The molecule has 1 aromatic carbocycles. The Morgan fingerprint density at radius 3 is 2.00 bits per heavy atom. The Morgan fingerprint density at radius 1 is 0.935 bits per heavy atom. The standard InChI is InChI=1S/C19H18F6N4O2/c1-3-4-28-17(31)15-14(26-5-6-27-15)10(2)29-16(30)11-7-12(18(20,21)22)9-13(8-11)19(23,24)25/h5-10H,3-4H2,1-2H3,(H,28,31)(H,29,30). The highest BCUT2D eigenvalue weighted by atomic mass is 19.4. The third-order valence-corrected chi connectivity index (χ3v) is 4.08. The van der Waals surface area contributed by atoms with Crippen LogP contribution in [0.1, 0.15) is 64.0 Å². The summed E-state index contributed by atoms with van der Waals surface area (Å²) in [4.78, 5) is 32.5. The van der Waals surface area contributed by atoms with E-state index in [0.717, 1.165) is 0 Å². The van der Waals surface area contributed by atoms with E-state index in [2.05, 4.69) is 20.6 Å². The predicted octanol–water partition coefficient (Wildman–Crippen LogP) is 4.15. The molecule has 0 aliphatic carbocycles. The number of halogens is 6. The summed E-state index contributed by atoms with van der Waals surface area (Å²) in [5.74, 6) is -1.78. The largest absolute Gasteiger partial charge is 0.416 e. The van der Waals surface area contributed by atoms with E-state index >= 15 is 0 Å². The van der Waals surface area contributed by atoms with Gasteiger partial charge in [0.15, 0.2) is 5.69 Å². The van der Waals surface area contributed by atoms with E-state index < -0.39 is 46.9 Å². The zero-order valence-electron chi connectivity index (χ0n) is 16.4. The van der Waals surface area contributed by atoms with Gasteiger partial charge in [0.1, 0.15) is 0 Å². The Morgan fingerprint density at radius 2 is 1.48 bits per heavy atom. The van der Waals surface area contributed by atoms with Crippen LogP contribution in [0.3, 0.4) is 0 Å². The van der Waals surface area contributed by atoms with Gasteiger partial charge < -0.3 is 10.6 Å². The highest BCUT2D eigenvalue weighted by Crippen LogP contribution is 2.36. The number of hydrogen-bond acceptors (Lipinski definition) is 4. The molecule has 0 fully saturated rings. The van der Waals surface area contributed by atoms with Crippen LogP contribution < -0.4 is 10.6 Å². The number of benzene rings is 1. The van der Waals surface area contributed by atoms with Gasteiger partial charge in [-0.1, -0.05) is 6.92 Å². The molecule has 168 valence electrons. The van der Waals surface area contributed by atoms with Crippen molar-refractivity contribution in [1.82, 2.24) is 20.6 Å². The lowest BCUT2D eigenvalue weighted by Gasteiger charge is -2.18. The lowest BCUT2D eigenvalue weighted by Crippen LogP contribution is -2.32. The number of amides is 2. The fraction of sp³-hybridized carbons (Fsp3) is 0.368. The lowest BCUT2D eigenvalue weighted by molar-refractivity contribution is -0.143. The number of carbonyl (C=O) groups is 2. The molecule has 12 heteroatoms. The van der Waals surface area contributed by atoms with Gasteiger partial charge in [-0.25, -0.2) is 4.98 Å². The Kier molecular flexibility index (Phi) is 7.24. The van der Waals surface area contributed by atoms with Gasteiger partial charge in [-0.2, -0.15) is 26.3 Å². The predicted molar refractivity (Wildman–Crippen MR) is 97.0 cm³/mol. The summed E-state index contributed by atoms with van der Waals surface area (Å²) < 4.78 is 78.1. The maximum Gasteiger partial charge on any atom is 0.416 e. The molecule has 2 aromatic rings. The van der Waals surface area contributed by atoms with Crippen LogP contribution >= 0.6 is 0 Å². The fourth-order valence-corrected chi connectivity index (χ4v) is 2.60. The van der Waals surface area contributed by atoms with Crippen LogP contribution in [0.4, 0.5) is 26.3 Å². The minimum atomic E-state index is -5.09. The minimum absolute atomic E-state index is 0.00692. The number of hydrogen-bond donors (Lipinski definition) is 2. The van der Waals surface area contributed by atoms with Crippen molar-refractivity contribution in [3.63, 3.8) is 0 Å². The van der Waals surface area contributed by atoms with E-state index in [1.165, 1.54) is 19.3 Å². The summed E-state index contributed by atoms with van der Waals surface area (Å²) >= 11 is 0. The van der Waals surface area contributed by atoms with Gasteiger partial charge in [0.2, 0.25) is 0 Å².